The van der Waals surface area contributed by atoms with E-state index in [9.17, 15) is 0 Å². The molecule has 1 aromatic carbocycles. The van der Waals surface area contributed by atoms with E-state index in [0.29, 0.717) is 6.04 Å². The molecule has 0 radical (unpaired) electrons. The third-order valence-electron chi connectivity index (χ3n) is 3.91. The molecule has 4 rings (SSSR count). The van der Waals surface area contributed by atoms with Crippen LogP contribution in [0, 0.1) is 0 Å². The Labute approximate surface area is 112 Å². The molecule has 1 aliphatic carbocycles. The summed E-state index contributed by atoms with van der Waals surface area (Å²) in [5.74, 6) is 1.03. The fourth-order valence-electron chi connectivity index (χ4n) is 2.60. The molecular weight excluding hydrogens is 238 g/mol. The standard InChI is InChI=1S/C16H17NO2/c1-2-12-9-18-10-13(12)7-11(1)15-5-6-19-16(15)8-17-14-3-4-14/h1-2,5-7,14,17H,3-4,8-10H2. The fraction of sp³-hybridized carbons (Fsp3) is 0.375. The van der Waals surface area contributed by atoms with Gasteiger partial charge in [-0.25, -0.2) is 0 Å². The van der Waals surface area contributed by atoms with E-state index in [-0.39, 0.29) is 0 Å². The van der Waals surface area contributed by atoms with Crippen LogP contribution in [0.15, 0.2) is 34.9 Å². The average molecular weight is 255 g/mol. The van der Waals surface area contributed by atoms with Crippen molar-refractivity contribution in [1.82, 2.24) is 5.32 Å². The van der Waals surface area contributed by atoms with Crippen LogP contribution in [-0.4, -0.2) is 6.04 Å². The van der Waals surface area contributed by atoms with Crippen molar-refractivity contribution in [3.8, 4) is 11.1 Å². The van der Waals surface area contributed by atoms with Gasteiger partial charge in [0.1, 0.15) is 5.76 Å². The van der Waals surface area contributed by atoms with E-state index >= 15 is 0 Å². The Morgan fingerprint density at radius 3 is 2.89 bits per heavy atom. The zero-order valence-electron chi connectivity index (χ0n) is 10.8. The smallest absolute Gasteiger partial charge is 0.125 e. The van der Waals surface area contributed by atoms with Gasteiger partial charge in [-0.15, -0.1) is 0 Å². The Bertz CT molecular complexity index is 599. The predicted molar refractivity (Wildman–Crippen MR) is 72.5 cm³/mol. The number of fused-ring (bicyclic) bond motifs is 1. The summed E-state index contributed by atoms with van der Waals surface area (Å²) in [6, 6.07) is 9.32. The normalized spacial score (nSPS) is 17.7. The maximum atomic E-state index is 5.62. The van der Waals surface area contributed by atoms with Gasteiger partial charge < -0.3 is 14.5 Å². The van der Waals surface area contributed by atoms with Gasteiger partial charge in [0.2, 0.25) is 0 Å². The molecule has 1 saturated carbocycles. The molecule has 19 heavy (non-hydrogen) atoms. The first-order chi connectivity index (χ1) is 9.40. The highest BCUT2D eigenvalue weighted by Crippen LogP contribution is 2.30. The molecule has 0 unspecified atom stereocenters. The van der Waals surface area contributed by atoms with Gasteiger partial charge in [0.25, 0.3) is 0 Å². The third kappa shape index (κ3) is 2.20. The molecule has 1 aliphatic heterocycles. The van der Waals surface area contributed by atoms with E-state index in [1.807, 2.05) is 0 Å². The highest BCUT2D eigenvalue weighted by Gasteiger charge is 2.21. The minimum absolute atomic E-state index is 0.700. The van der Waals surface area contributed by atoms with E-state index < -0.39 is 0 Å². The van der Waals surface area contributed by atoms with Crippen molar-refractivity contribution in [2.24, 2.45) is 0 Å². The molecule has 0 saturated heterocycles. The number of ether oxygens (including phenoxy) is 1. The number of hydrogen-bond donors (Lipinski definition) is 1. The molecule has 1 aromatic heterocycles. The van der Waals surface area contributed by atoms with Crippen LogP contribution in [0.2, 0.25) is 0 Å². The zero-order valence-corrected chi connectivity index (χ0v) is 10.8. The SMILES string of the molecule is c1cc(-c2ccc3c(c2)COC3)c(CNC2CC2)o1. The molecule has 3 heteroatoms. The van der Waals surface area contributed by atoms with Gasteiger partial charge in [-0.3, -0.25) is 0 Å². The second-order valence-electron chi connectivity index (χ2n) is 5.39. The largest absolute Gasteiger partial charge is 0.467 e. The van der Waals surface area contributed by atoms with Crippen LogP contribution >= 0.6 is 0 Å². The Kier molecular flexibility index (Phi) is 2.67. The second-order valence-corrected chi connectivity index (χ2v) is 5.39. The van der Waals surface area contributed by atoms with Crippen LogP contribution in [0.25, 0.3) is 11.1 Å². The molecule has 0 spiro atoms. The van der Waals surface area contributed by atoms with Crippen LogP contribution < -0.4 is 5.32 Å². The first kappa shape index (κ1) is 11.3. The quantitative estimate of drug-likeness (QED) is 0.910. The lowest BCUT2D eigenvalue weighted by Gasteiger charge is -2.06. The van der Waals surface area contributed by atoms with Crippen LogP contribution in [0.4, 0.5) is 0 Å². The molecule has 1 fully saturated rings. The summed E-state index contributed by atoms with van der Waals surface area (Å²) in [5, 5.41) is 3.50. The molecule has 2 aromatic rings. The molecule has 0 bridgehead atoms. The summed E-state index contributed by atoms with van der Waals surface area (Å²) < 4.78 is 11.1. The molecule has 0 amide bonds. The second kappa shape index (κ2) is 4.51. The van der Waals surface area contributed by atoms with Crippen LogP contribution in [0.1, 0.15) is 29.7 Å². The van der Waals surface area contributed by atoms with Crippen LogP contribution in [0.5, 0.6) is 0 Å². The summed E-state index contributed by atoms with van der Waals surface area (Å²) in [6.07, 6.45) is 4.38. The average Bonchev–Trinajstić information content (AvgIpc) is 2.97. The lowest BCUT2D eigenvalue weighted by atomic mass is 10.0. The molecule has 2 aliphatic rings. The van der Waals surface area contributed by atoms with E-state index in [1.54, 1.807) is 6.26 Å². The minimum atomic E-state index is 0.700. The Morgan fingerprint density at radius 1 is 1.11 bits per heavy atom. The van der Waals surface area contributed by atoms with E-state index in [2.05, 4.69) is 29.6 Å². The van der Waals surface area contributed by atoms with Crippen LogP contribution in [0.3, 0.4) is 0 Å². The van der Waals surface area contributed by atoms with Gasteiger partial charge >= 0.3 is 0 Å². The van der Waals surface area contributed by atoms with Gasteiger partial charge in [0, 0.05) is 11.6 Å². The Morgan fingerprint density at radius 2 is 2.00 bits per heavy atom. The van der Waals surface area contributed by atoms with Crippen molar-refractivity contribution >= 4 is 0 Å². The summed E-state index contributed by atoms with van der Waals surface area (Å²) in [7, 11) is 0. The number of furan rings is 1. The fourth-order valence-corrected chi connectivity index (χ4v) is 2.60. The number of rotatable bonds is 4. The van der Waals surface area contributed by atoms with Gasteiger partial charge in [0.05, 0.1) is 26.0 Å². The summed E-state index contributed by atoms with van der Waals surface area (Å²) in [6.45, 7) is 2.30. The van der Waals surface area contributed by atoms with Gasteiger partial charge in [-0.05, 0) is 41.7 Å². The zero-order chi connectivity index (χ0) is 12.7. The van der Waals surface area contributed by atoms with Crippen LogP contribution in [-0.2, 0) is 24.5 Å². The van der Waals surface area contributed by atoms with Crippen molar-refractivity contribution in [3.05, 3.63) is 47.4 Å². The third-order valence-corrected chi connectivity index (χ3v) is 3.91. The monoisotopic (exact) mass is 255 g/mol. The van der Waals surface area contributed by atoms with E-state index in [0.717, 1.165) is 25.5 Å². The van der Waals surface area contributed by atoms with Crippen molar-refractivity contribution < 1.29 is 9.15 Å². The minimum Gasteiger partial charge on any atom is -0.467 e. The van der Waals surface area contributed by atoms with Gasteiger partial charge in [0.15, 0.2) is 0 Å². The number of nitrogens with one attached hydrogen (secondary N) is 1. The summed E-state index contributed by atoms with van der Waals surface area (Å²) in [4.78, 5) is 0. The molecule has 0 atom stereocenters. The van der Waals surface area contributed by atoms with Crippen molar-refractivity contribution in [3.63, 3.8) is 0 Å². The van der Waals surface area contributed by atoms with Crippen molar-refractivity contribution in [2.75, 3.05) is 0 Å². The van der Waals surface area contributed by atoms with Gasteiger partial charge in [-0.1, -0.05) is 12.1 Å². The highest BCUT2D eigenvalue weighted by molar-refractivity contribution is 5.67. The van der Waals surface area contributed by atoms with E-state index in [1.165, 1.54) is 35.1 Å². The van der Waals surface area contributed by atoms with Gasteiger partial charge in [-0.2, -0.15) is 0 Å². The summed E-state index contributed by atoms with van der Waals surface area (Å²) >= 11 is 0. The lowest BCUT2D eigenvalue weighted by molar-refractivity contribution is 0.134. The first-order valence-corrected chi connectivity index (χ1v) is 6.90. The van der Waals surface area contributed by atoms with Crippen molar-refractivity contribution in [1.29, 1.82) is 0 Å². The highest BCUT2D eigenvalue weighted by atomic mass is 16.5. The first-order valence-electron chi connectivity index (χ1n) is 6.90. The number of hydrogen-bond acceptors (Lipinski definition) is 3. The van der Waals surface area contributed by atoms with Crippen molar-refractivity contribution in [2.45, 2.75) is 38.6 Å². The topological polar surface area (TPSA) is 34.4 Å². The maximum absolute atomic E-state index is 5.62. The lowest BCUT2D eigenvalue weighted by Crippen LogP contribution is -2.15. The molecule has 98 valence electrons. The van der Waals surface area contributed by atoms with E-state index in [4.69, 9.17) is 9.15 Å². The maximum Gasteiger partial charge on any atom is 0.125 e. The Hall–Kier alpha value is -1.58. The Balaban J connectivity index is 1.62. The molecule has 1 N–H and O–H groups in total. The predicted octanol–water partition coefficient (Wildman–Crippen LogP) is 3.23. The molecule has 2 heterocycles. The summed E-state index contributed by atoms with van der Waals surface area (Å²) in [5.41, 5.74) is 5.04. The molecular formula is C16H17NO2. The number of benzene rings is 1. The molecule has 3 nitrogen and oxygen atoms in total.